The smallest absolute Gasteiger partial charge is 0.227 e. The average molecular weight is 401 g/mol. The third-order valence-electron chi connectivity index (χ3n) is 5.06. The van der Waals surface area contributed by atoms with Gasteiger partial charge in [0.25, 0.3) is 0 Å². The van der Waals surface area contributed by atoms with Crippen molar-refractivity contribution in [2.45, 2.75) is 6.16 Å². The molecule has 0 fully saturated rings. The quantitative estimate of drug-likeness (QED) is 0.456. The molecular formula is C25H22O3P+. The van der Waals surface area contributed by atoms with Gasteiger partial charge in [0.05, 0.1) is 7.11 Å². The minimum Gasteiger partial charge on any atom is -0.490 e. The molecule has 0 saturated heterocycles. The molecule has 0 aliphatic carbocycles. The van der Waals surface area contributed by atoms with Gasteiger partial charge in [0.15, 0.2) is 0 Å². The summed E-state index contributed by atoms with van der Waals surface area (Å²) in [6.07, 6.45) is 2.03. The number of hydrogen-bond donors (Lipinski definition) is 0. The van der Waals surface area contributed by atoms with Crippen LogP contribution in [0.4, 0.5) is 0 Å². The summed E-state index contributed by atoms with van der Waals surface area (Å²) in [7, 11) is -0.619. The Morgan fingerprint density at radius 3 is 1.59 bits per heavy atom. The molecule has 0 bridgehead atoms. The molecule has 0 N–H and O–H groups in total. The molecule has 0 aliphatic rings. The minimum atomic E-state index is -2.09. The largest absolute Gasteiger partial charge is 0.490 e. The minimum absolute atomic E-state index is 0.166. The summed E-state index contributed by atoms with van der Waals surface area (Å²) >= 11 is 0. The first-order valence-electron chi connectivity index (χ1n) is 9.45. The van der Waals surface area contributed by atoms with Gasteiger partial charge in [0, 0.05) is 6.07 Å². The van der Waals surface area contributed by atoms with Crippen molar-refractivity contribution in [3.8, 4) is 5.75 Å². The van der Waals surface area contributed by atoms with Crippen molar-refractivity contribution in [3.05, 3.63) is 119 Å². The van der Waals surface area contributed by atoms with E-state index < -0.39 is 7.26 Å². The molecule has 4 rings (SSSR count). The topological polar surface area (TPSA) is 39.4 Å². The summed E-state index contributed by atoms with van der Waals surface area (Å²) in [6.45, 7) is 0. The van der Waals surface area contributed by atoms with Crippen molar-refractivity contribution < 1.29 is 9.15 Å². The highest BCUT2D eigenvalue weighted by Gasteiger charge is 2.46. The van der Waals surface area contributed by atoms with Crippen molar-refractivity contribution >= 4 is 23.2 Å². The van der Waals surface area contributed by atoms with E-state index >= 15 is 0 Å². The first-order chi connectivity index (χ1) is 14.2. The van der Waals surface area contributed by atoms with Gasteiger partial charge in [-0.3, -0.25) is 4.79 Å². The Bertz CT molecular complexity index is 1030. The van der Waals surface area contributed by atoms with E-state index in [0.29, 0.717) is 11.9 Å². The van der Waals surface area contributed by atoms with E-state index in [2.05, 4.69) is 72.8 Å². The molecule has 0 spiro atoms. The zero-order valence-corrected chi connectivity index (χ0v) is 17.1. The van der Waals surface area contributed by atoms with Crippen molar-refractivity contribution in [2.24, 2.45) is 0 Å². The van der Waals surface area contributed by atoms with E-state index in [9.17, 15) is 4.79 Å². The van der Waals surface area contributed by atoms with Crippen molar-refractivity contribution in [3.63, 3.8) is 0 Å². The van der Waals surface area contributed by atoms with Crippen LogP contribution >= 0.6 is 7.26 Å². The van der Waals surface area contributed by atoms with Crippen LogP contribution in [0.2, 0.25) is 0 Å². The molecule has 0 unspecified atom stereocenters. The number of hydrogen-bond acceptors (Lipinski definition) is 3. The van der Waals surface area contributed by atoms with Gasteiger partial charge in [-0.1, -0.05) is 54.6 Å². The van der Waals surface area contributed by atoms with Crippen LogP contribution < -0.4 is 26.1 Å². The fourth-order valence-electron chi connectivity index (χ4n) is 3.67. The van der Waals surface area contributed by atoms with E-state index in [1.807, 2.05) is 18.2 Å². The standard InChI is InChI=1S/C25H22O3P/c1-27-25-18-28-20(17-24(25)26)19-29(21-11-5-2-6-12-21,22-13-7-3-8-14-22)23-15-9-4-10-16-23/h2-18H,19H2,1H3/q+1. The van der Waals surface area contributed by atoms with Crippen LogP contribution in [0.25, 0.3) is 0 Å². The fourth-order valence-corrected chi connectivity index (χ4v) is 7.79. The first kappa shape index (κ1) is 19.2. The molecular weight excluding hydrogens is 379 g/mol. The summed E-state index contributed by atoms with van der Waals surface area (Å²) in [5.41, 5.74) is -0.166. The highest BCUT2D eigenvalue weighted by atomic mass is 31.2. The lowest BCUT2D eigenvalue weighted by atomic mass is 10.3. The zero-order valence-electron chi connectivity index (χ0n) is 16.2. The van der Waals surface area contributed by atoms with Crippen LogP contribution in [0.5, 0.6) is 5.75 Å². The van der Waals surface area contributed by atoms with Crippen molar-refractivity contribution in [1.29, 1.82) is 0 Å². The van der Waals surface area contributed by atoms with E-state index in [4.69, 9.17) is 9.15 Å². The molecule has 4 heteroatoms. The van der Waals surface area contributed by atoms with Gasteiger partial charge in [-0.05, 0) is 36.4 Å². The molecule has 0 amide bonds. The Balaban J connectivity index is 1.97. The predicted octanol–water partition coefficient (Wildman–Crippen LogP) is 4.14. The molecule has 0 saturated carbocycles. The maximum Gasteiger partial charge on any atom is 0.227 e. The van der Waals surface area contributed by atoms with E-state index in [0.717, 1.165) is 0 Å². The summed E-state index contributed by atoms with van der Waals surface area (Å²) in [5, 5.41) is 3.74. The summed E-state index contributed by atoms with van der Waals surface area (Å²) < 4.78 is 10.9. The molecule has 0 radical (unpaired) electrons. The Hall–Kier alpha value is -3.16. The van der Waals surface area contributed by atoms with Gasteiger partial charge in [0.1, 0.15) is 41.4 Å². The van der Waals surface area contributed by atoms with Crippen LogP contribution in [-0.4, -0.2) is 7.11 Å². The van der Waals surface area contributed by atoms with Crippen LogP contribution in [0, 0.1) is 0 Å². The summed E-state index contributed by atoms with van der Waals surface area (Å²) in [5.74, 6) is 0.873. The number of ether oxygens (including phenoxy) is 1. The normalized spacial score (nSPS) is 11.2. The SMILES string of the molecule is COc1coc(C[P+](c2ccccc2)(c2ccccc2)c2ccccc2)cc1=O. The number of benzene rings is 3. The van der Waals surface area contributed by atoms with E-state index in [1.54, 1.807) is 6.07 Å². The van der Waals surface area contributed by atoms with Crippen LogP contribution in [0.15, 0.2) is 113 Å². The zero-order chi connectivity index (χ0) is 20.1. The predicted molar refractivity (Wildman–Crippen MR) is 120 cm³/mol. The molecule has 1 heterocycles. The number of rotatable bonds is 6. The Kier molecular flexibility index (Phi) is 5.59. The molecule has 144 valence electrons. The highest BCUT2D eigenvalue weighted by Crippen LogP contribution is 2.58. The van der Waals surface area contributed by atoms with Gasteiger partial charge < -0.3 is 9.15 Å². The summed E-state index contributed by atoms with van der Waals surface area (Å²) in [6, 6.07) is 33.1. The molecule has 4 aromatic rings. The lowest BCUT2D eigenvalue weighted by Gasteiger charge is -2.27. The van der Waals surface area contributed by atoms with Crippen LogP contribution in [0.1, 0.15) is 5.76 Å². The van der Waals surface area contributed by atoms with Gasteiger partial charge in [0.2, 0.25) is 11.2 Å². The Labute approximate surface area is 170 Å². The molecule has 3 nitrogen and oxygen atoms in total. The maximum atomic E-state index is 12.4. The fraction of sp³-hybridized carbons (Fsp3) is 0.0800. The second-order valence-corrected chi connectivity index (χ2v) is 10.2. The van der Waals surface area contributed by atoms with E-state index in [1.165, 1.54) is 29.3 Å². The van der Waals surface area contributed by atoms with Gasteiger partial charge in [-0.25, -0.2) is 0 Å². The molecule has 29 heavy (non-hydrogen) atoms. The summed E-state index contributed by atoms with van der Waals surface area (Å²) in [4.78, 5) is 12.4. The Morgan fingerprint density at radius 2 is 1.21 bits per heavy atom. The molecule has 3 aromatic carbocycles. The molecule has 1 aromatic heterocycles. The lowest BCUT2D eigenvalue weighted by molar-refractivity contribution is 0.381. The Morgan fingerprint density at radius 1 is 0.759 bits per heavy atom. The third kappa shape index (κ3) is 3.74. The molecule has 0 atom stereocenters. The van der Waals surface area contributed by atoms with Crippen LogP contribution in [-0.2, 0) is 6.16 Å². The van der Waals surface area contributed by atoms with Gasteiger partial charge >= 0.3 is 0 Å². The van der Waals surface area contributed by atoms with Crippen LogP contribution in [0.3, 0.4) is 0 Å². The lowest BCUT2D eigenvalue weighted by Crippen LogP contribution is -2.32. The molecule has 0 aliphatic heterocycles. The second-order valence-electron chi connectivity index (χ2n) is 6.75. The first-order valence-corrected chi connectivity index (χ1v) is 11.4. The van der Waals surface area contributed by atoms with Gasteiger partial charge in [-0.2, -0.15) is 0 Å². The maximum absolute atomic E-state index is 12.4. The van der Waals surface area contributed by atoms with Gasteiger partial charge in [-0.15, -0.1) is 0 Å². The monoisotopic (exact) mass is 401 g/mol. The highest BCUT2D eigenvalue weighted by molar-refractivity contribution is 7.95. The average Bonchev–Trinajstić information content (AvgIpc) is 2.79. The number of methoxy groups -OCH3 is 1. The van der Waals surface area contributed by atoms with Crippen molar-refractivity contribution in [2.75, 3.05) is 7.11 Å². The van der Waals surface area contributed by atoms with E-state index in [-0.39, 0.29) is 11.2 Å². The third-order valence-corrected chi connectivity index (χ3v) is 9.38. The second kappa shape index (κ2) is 8.46. The van der Waals surface area contributed by atoms with Crippen molar-refractivity contribution in [1.82, 2.24) is 0 Å².